The van der Waals surface area contributed by atoms with E-state index in [0.717, 1.165) is 24.8 Å². The van der Waals surface area contributed by atoms with Crippen LogP contribution in [0.1, 0.15) is 60.9 Å². The lowest BCUT2D eigenvalue weighted by atomic mass is 9.64. The molecular weight excluding hydrogens is 475 g/mol. The largest absolute Gasteiger partial charge is 0.355 e. The van der Waals surface area contributed by atoms with E-state index in [0.29, 0.717) is 46.9 Å². The average molecular weight is 505 g/mol. The summed E-state index contributed by atoms with van der Waals surface area (Å²) in [6.45, 7) is 9.20. The van der Waals surface area contributed by atoms with Crippen molar-refractivity contribution in [1.29, 1.82) is 0 Å². The summed E-state index contributed by atoms with van der Waals surface area (Å²) >= 11 is 5.93. The molecule has 1 saturated heterocycles. The van der Waals surface area contributed by atoms with E-state index in [1.807, 2.05) is 17.9 Å². The van der Waals surface area contributed by atoms with Gasteiger partial charge in [-0.05, 0) is 86.1 Å². The van der Waals surface area contributed by atoms with Gasteiger partial charge >= 0.3 is 0 Å². The maximum absolute atomic E-state index is 15.1. The van der Waals surface area contributed by atoms with Crippen LogP contribution in [0.2, 0.25) is 0 Å². The Morgan fingerprint density at radius 1 is 1.14 bits per heavy atom. The lowest BCUT2D eigenvalue weighted by molar-refractivity contribution is -0.123. The molecule has 6 nitrogen and oxygen atoms in total. The first-order valence-electron chi connectivity index (χ1n) is 12.5. The van der Waals surface area contributed by atoms with Crippen molar-refractivity contribution in [1.82, 2.24) is 5.32 Å². The van der Waals surface area contributed by atoms with Crippen molar-refractivity contribution in [2.75, 3.05) is 16.8 Å². The third kappa shape index (κ3) is 3.77. The number of thiocarbonyl (C=S) groups is 1. The van der Waals surface area contributed by atoms with Crippen molar-refractivity contribution in [3.63, 3.8) is 0 Å². The van der Waals surface area contributed by atoms with Gasteiger partial charge in [0.25, 0.3) is 11.8 Å². The first-order valence-corrected chi connectivity index (χ1v) is 12.9. The lowest BCUT2D eigenvalue weighted by Gasteiger charge is -2.47. The number of fused-ring (bicyclic) bond motifs is 1. The summed E-state index contributed by atoms with van der Waals surface area (Å²) < 4.78 is 15.1. The highest BCUT2D eigenvalue weighted by Gasteiger charge is 2.59. The van der Waals surface area contributed by atoms with E-state index in [1.165, 1.54) is 32.0 Å². The number of carbonyl (C=O) groups excluding carboxylic acids is 2. The number of nitrogens with zero attached hydrogens (tertiary/aromatic N) is 3. The van der Waals surface area contributed by atoms with Gasteiger partial charge in [-0.25, -0.2) is 9.24 Å². The Balaban J connectivity index is 1.61. The van der Waals surface area contributed by atoms with Crippen molar-refractivity contribution in [3.8, 4) is 0 Å². The molecule has 2 saturated carbocycles. The van der Waals surface area contributed by atoms with Crippen LogP contribution < -0.4 is 15.1 Å². The van der Waals surface area contributed by atoms with E-state index in [-0.39, 0.29) is 11.5 Å². The fourth-order valence-electron chi connectivity index (χ4n) is 6.42. The first-order chi connectivity index (χ1) is 17.3. The zero-order valence-corrected chi connectivity index (χ0v) is 21.3. The van der Waals surface area contributed by atoms with E-state index in [1.54, 1.807) is 23.1 Å². The van der Waals surface area contributed by atoms with Gasteiger partial charge in [0.1, 0.15) is 11.4 Å². The predicted octanol–water partition coefficient (Wildman–Crippen LogP) is 5.91. The molecule has 3 unspecified atom stereocenters. The van der Waals surface area contributed by atoms with Crippen LogP contribution in [-0.4, -0.2) is 29.5 Å². The third-order valence-corrected chi connectivity index (χ3v) is 8.61. The molecule has 2 aliphatic carbocycles. The van der Waals surface area contributed by atoms with Gasteiger partial charge in [0, 0.05) is 18.4 Å². The molecule has 8 heteroatoms. The maximum Gasteiger partial charge on any atom is 0.259 e. The highest BCUT2D eigenvalue weighted by atomic mass is 32.1. The van der Waals surface area contributed by atoms with Gasteiger partial charge in [-0.3, -0.25) is 14.5 Å². The molecule has 2 amide bonds. The topological polar surface area (TPSA) is 57.0 Å². The number of amides is 2. The standard InChI is InChI=1S/C28H29FN4O2S/c1-17-14-20(9-11-24(17)30-2)32-26(35)28(13-12-18-6-4-5-7-19(18)16-28)33(27(32)36)21-8-10-22(23(29)15-21)25(34)31-3/h8-11,14-15,18-19H,4-7,12-13,16H2,1,3H3,(H,31,34). The van der Waals surface area contributed by atoms with Gasteiger partial charge in [-0.2, -0.15) is 0 Å². The number of rotatable bonds is 3. The number of nitrogens with one attached hydrogen (secondary N) is 1. The lowest BCUT2D eigenvalue weighted by Crippen LogP contribution is -2.55. The summed E-state index contributed by atoms with van der Waals surface area (Å²) in [5, 5.41) is 2.76. The summed E-state index contributed by atoms with van der Waals surface area (Å²) in [5.74, 6) is -0.229. The molecule has 0 bridgehead atoms. The van der Waals surface area contributed by atoms with Gasteiger partial charge in [-0.15, -0.1) is 0 Å². The molecule has 1 spiro atoms. The molecule has 5 rings (SSSR count). The van der Waals surface area contributed by atoms with Crippen molar-refractivity contribution >= 4 is 46.2 Å². The first kappa shape index (κ1) is 24.4. The molecule has 3 atom stereocenters. The van der Waals surface area contributed by atoms with Gasteiger partial charge < -0.3 is 10.2 Å². The summed E-state index contributed by atoms with van der Waals surface area (Å²) in [7, 11) is 1.46. The van der Waals surface area contributed by atoms with Gasteiger partial charge in [0.15, 0.2) is 10.8 Å². The number of benzene rings is 2. The highest BCUT2D eigenvalue weighted by Crippen LogP contribution is 2.51. The molecule has 36 heavy (non-hydrogen) atoms. The number of aryl methyl sites for hydroxylation is 1. The van der Waals surface area contributed by atoms with Crippen LogP contribution >= 0.6 is 12.2 Å². The number of anilines is 2. The fraction of sp³-hybridized carbons (Fsp3) is 0.429. The molecule has 3 aliphatic rings. The number of halogens is 1. The second-order valence-corrected chi connectivity index (χ2v) is 10.5. The molecule has 1 heterocycles. The zero-order chi connectivity index (χ0) is 25.6. The van der Waals surface area contributed by atoms with Crippen LogP contribution in [0.3, 0.4) is 0 Å². The van der Waals surface area contributed by atoms with Crippen molar-refractivity contribution in [3.05, 3.63) is 64.8 Å². The van der Waals surface area contributed by atoms with Crippen LogP contribution in [0, 0.1) is 31.1 Å². The summed E-state index contributed by atoms with van der Waals surface area (Å²) in [4.78, 5) is 33.3. The summed E-state index contributed by atoms with van der Waals surface area (Å²) in [5.41, 5.74) is 1.43. The van der Waals surface area contributed by atoms with Crippen molar-refractivity contribution in [2.45, 2.75) is 57.4 Å². The van der Waals surface area contributed by atoms with Crippen LogP contribution in [0.15, 0.2) is 36.4 Å². The van der Waals surface area contributed by atoms with Crippen LogP contribution in [0.4, 0.5) is 21.5 Å². The van der Waals surface area contributed by atoms with Crippen molar-refractivity contribution < 1.29 is 14.0 Å². The molecule has 0 aromatic heterocycles. The predicted molar refractivity (Wildman–Crippen MR) is 142 cm³/mol. The van der Waals surface area contributed by atoms with Gasteiger partial charge in [-0.1, -0.05) is 31.7 Å². The summed E-state index contributed by atoms with van der Waals surface area (Å²) in [6, 6.07) is 9.72. The van der Waals surface area contributed by atoms with Gasteiger partial charge in [0.2, 0.25) is 0 Å². The van der Waals surface area contributed by atoms with E-state index in [4.69, 9.17) is 18.8 Å². The maximum atomic E-state index is 15.1. The fourth-order valence-corrected chi connectivity index (χ4v) is 6.88. The van der Waals surface area contributed by atoms with Gasteiger partial charge in [0.05, 0.1) is 12.1 Å². The quantitative estimate of drug-likeness (QED) is 0.417. The minimum absolute atomic E-state index is 0.0510. The minimum Gasteiger partial charge on any atom is -0.355 e. The Hall–Kier alpha value is -3.31. The Bertz CT molecular complexity index is 1300. The normalized spacial score (nSPS) is 25.6. The molecule has 1 aliphatic heterocycles. The zero-order valence-electron chi connectivity index (χ0n) is 20.5. The van der Waals surface area contributed by atoms with E-state index in [2.05, 4.69) is 10.2 Å². The van der Waals surface area contributed by atoms with Crippen LogP contribution in [-0.2, 0) is 4.79 Å². The molecule has 2 aromatic rings. The number of hydrogen-bond acceptors (Lipinski definition) is 3. The Morgan fingerprint density at radius 3 is 2.53 bits per heavy atom. The molecule has 2 aromatic carbocycles. The van der Waals surface area contributed by atoms with Crippen LogP contribution in [0.5, 0.6) is 0 Å². The van der Waals surface area contributed by atoms with E-state index in [9.17, 15) is 9.59 Å². The molecular formula is C28H29FN4O2S. The van der Waals surface area contributed by atoms with E-state index < -0.39 is 17.3 Å². The Labute approximate surface area is 216 Å². The Morgan fingerprint density at radius 2 is 1.86 bits per heavy atom. The minimum atomic E-state index is -0.900. The SMILES string of the molecule is [C-]#[N+]c1ccc(N2C(=O)C3(CCC4CCCCC4C3)N(c3ccc(C(=O)NC)c(F)c3)C2=S)cc1C. The second-order valence-electron chi connectivity index (χ2n) is 10.2. The molecule has 0 radical (unpaired) electrons. The molecule has 186 valence electrons. The second kappa shape index (κ2) is 9.29. The number of carbonyl (C=O) groups is 2. The average Bonchev–Trinajstić information content (AvgIpc) is 3.08. The molecule has 3 fully saturated rings. The smallest absolute Gasteiger partial charge is 0.259 e. The highest BCUT2D eigenvalue weighted by molar-refractivity contribution is 7.81. The summed E-state index contributed by atoms with van der Waals surface area (Å²) in [6.07, 6.45) is 6.91. The van der Waals surface area contributed by atoms with Crippen molar-refractivity contribution in [2.24, 2.45) is 11.8 Å². The van der Waals surface area contributed by atoms with Crippen LogP contribution in [0.25, 0.3) is 4.85 Å². The molecule has 1 N–H and O–H groups in total. The Kier molecular flexibility index (Phi) is 6.29. The van der Waals surface area contributed by atoms with E-state index >= 15 is 4.39 Å². The monoisotopic (exact) mass is 504 g/mol. The number of hydrogen-bond donors (Lipinski definition) is 1. The third-order valence-electron chi connectivity index (χ3n) is 8.25.